The Hall–Kier alpha value is -1.07. The van der Waals surface area contributed by atoms with E-state index in [1.807, 2.05) is 13.1 Å². The largest absolute Gasteiger partial charge is 0.449 e. The highest BCUT2D eigenvalue weighted by Crippen LogP contribution is 2.27. The summed E-state index contributed by atoms with van der Waals surface area (Å²) < 4.78 is 6.91. The molecule has 0 atom stereocenters. The first-order valence-electron chi connectivity index (χ1n) is 4.31. The smallest absolute Gasteiger partial charge is 0.193 e. The van der Waals surface area contributed by atoms with Crippen molar-refractivity contribution in [3.8, 4) is 0 Å². The lowest BCUT2D eigenvalue weighted by Crippen LogP contribution is -1.87. The van der Waals surface area contributed by atoms with Crippen LogP contribution in [0.3, 0.4) is 0 Å². The summed E-state index contributed by atoms with van der Waals surface area (Å²) >= 11 is 7.18. The molecule has 0 aromatic carbocycles. The summed E-state index contributed by atoms with van der Waals surface area (Å²) in [4.78, 5) is 0. The highest BCUT2D eigenvalue weighted by molar-refractivity contribution is 7.98. The van der Waals surface area contributed by atoms with Crippen molar-refractivity contribution in [1.82, 2.24) is 9.78 Å². The van der Waals surface area contributed by atoms with Crippen LogP contribution in [0.4, 0.5) is 5.69 Å². The summed E-state index contributed by atoms with van der Waals surface area (Å²) in [5.74, 6) is 1.49. The van der Waals surface area contributed by atoms with Gasteiger partial charge in [-0.1, -0.05) is 11.8 Å². The normalized spacial score (nSPS) is 10.8. The quantitative estimate of drug-likeness (QED) is 0.842. The molecule has 2 aromatic heterocycles. The van der Waals surface area contributed by atoms with Gasteiger partial charge < -0.3 is 10.2 Å². The third-order valence-corrected chi connectivity index (χ3v) is 3.02. The standard InChI is InChI=1S/C9H10ClN3OS/c1-13-4-7(11)9(12-13)15-5-6-2-3-8(10)14-6/h2-4H,5,11H2,1H3. The second-order valence-corrected chi connectivity index (χ2v) is 4.39. The molecule has 0 spiro atoms. The first-order chi connectivity index (χ1) is 7.15. The van der Waals surface area contributed by atoms with Gasteiger partial charge in [-0.05, 0) is 23.7 Å². The Morgan fingerprint density at radius 3 is 2.93 bits per heavy atom. The van der Waals surface area contributed by atoms with Crippen LogP contribution >= 0.6 is 23.4 Å². The first-order valence-corrected chi connectivity index (χ1v) is 5.67. The molecular formula is C9H10ClN3OS. The highest BCUT2D eigenvalue weighted by Gasteiger charge is 2.07. The fourth-order valence-electron chi connectivity index (χ4n) is 1.17. The number of nitrogen functional groups attached to an aromatic ring is 1. The summed E-state index contributed by atoms with van der Waals surface area (Å²) in [6, 6.07) is 3.56. The Bertz CT molecular complexity index is 466. The average Bonchev–Trinajstić information content (AvgIpc) is 2.70. The summed E-state index contributed by atoms with van der Waals surface area (Å²) in [6.07, 6.45) is 1.78. The first kappa shape index (κ1) is 10.4. The second-order valence-electron chi connectivity index (χ2n) is 3.06. The van der Waals surface area contributed by atoms with E-state index in [0.717, 1.165) is 10.8 Å². The van der Waals surface area contributed by atoms with Gasteiger partial charge in [0.05, 0.1) is 11.4 Å². The molecular weight excluding hydrogens is 234 g/mol. The van der Waals surface area contributed by atoms with Crippen LogP contribution in [0, 0.1) is 0 Å². The van der Waals surface area contributed by atoms with Crippen molar-refractivity contribution in [1.29, 1.82) is 0 Å². The third kappa shape index (κ3) is 2.49. The Labute approximate surface area is 96.4 Å². The molecule has 80 valence electrons. The number of nitrogens with zero attached hydrogens (tertiary/aromatic N) is 2. The second kappa shape index (κ2) is 4.20. The molecule has 2 rings (SSSR count). The maximum Gasteiger partial charge on any atom is 0.193 e. The van der Waals surface area contributed by atoms with Crippen LogP contribution in [0.15, 0.2) is 27.8 Å². The fourth-order valence-corrected chi connectivity index (χ4v) is 2.17. The van der Waals surface area contributed by atoms with Crippen LogP contribution in [-0.2, 0) is 12.8 Å². The maximum absolute atomic E-state index is 5.75. The predicted octanol–water partition coefficient (Wildman–Crippen LogP) is 2.54. The van der Waals surface area contributed by atoms with E-state index in [4.69, 9.17) is 21.8 Å². The van der Waals surface area contributed by atoms with Crippen molar-refractivity contribution >= 4 is 29.1 Å². The van der Waals surface area contributed by atoms with Crippen LogP contribution in [0.5, 0.6) is 0 Å². The number of halogens is 1. The Balaban J connectivity index is 2.01. The Kier molecular flexibility index (Phi) is 2.93. The van der Waals surface area contributed by atoms with Crippen molar-refractivity contribution in [3.63, 3.8) is 0 Å². The van der Waals surface area contributed by atoms with Crippen molar-refractivity contribution in [2.75, 3.05) is 5.73 Å². The van der Waals surface area contributed by atoms with Gasteiger partial charge >= 0.3 is 0 Å². The summed E-state index contributed by atoms with van der Waals surface area (Å²) in [7, 11) is 1.84. The lowest BCUT2D eigenvalue weighted by Gasteiger charge is -1.95. The fraction of sp³-hybridized carbons (Fsp3) is 0.222. The highest BCUT2D eigenvalue weighted by atomic mass is 35.5. The molecule has 0 aliphatic carbocycles. The minimum atomic E-state index is 0.402. The molecule has 0 saturated heterocycles. The number of nitrogens with two attached hydrogens (primary N) is 1. The third-order valence-electron chi connectivity index (χ3n) is 1.80. The van der Waals surface area contributed by atoms with Gasteiger partial charge in [-0.25, -0.2) is 0 Å². The van der Waals surface area contributed by atoms with E-state index in [2.05, 4.69) is 5.10 Å². The molecule has 2 aromatic rings. The van der Waals surface area contributed by atoms with Gasteiger partial charge in [0.25, 0.3) is 0 Å². The van der Waals surface area contributed by atoms with Crippen molar-refractivity contribution in [3.05, 3.63) is 29.3 Å². The number of rotatable bonds is 3. The monoisotopic (exact) mass is 243 g/mol. The molecule has 0 aliphatic rings. The number of furan rings is 1. The SMILES string of the molecule is Cn1cc(N)c(SCc2ccc(Cl)o2)n1. The molecule has 0 unspecified atom stereocenters. The van der Waals surface area contributed by atoms with E-state index in [0.29, 0.717) is 16.7 Å². The number of thioether (sulfide) groups is 1. The van der Waals surface area contributed by atoms with E-state index in [1.54, 1.807) is 16.9 Å². The summed E-state index contributed by atoms with van der Waals surface area (Å²) in [5, 5.41) is 5.42. The number of aryl methyl sites for hydroxylation is 1. The zero-order valence-electron chi connectivity index (χ0n) is 8.11. The van der Waals surface area contributed by atoms with E-state index < -0.39 is 0 Å². The number of hydrogen-bond acceptors (Lipinski definition) is 4. The van der Waals surface area contributed by atoms with Gasteiger partial charge in [-0.2, -0.15) is 5.10 Å². The maximum atomic E-state index is 5.75. The van der Waals surface area contributed by atoms with E-state index in [-0.39, 0.29) is 0 Å². The van der Waals surface area contributed by atoms with Gasteiger partial charge in [0, 0.05) is 13.2 Å². The predicted molar refractivity (Wildman–Crippen MR) is 60.9 cm³/mol. The average molecular weight is 244 g/mol. The minimum Gasteiger partial charge on any atom is -0.449 e. The summed E-state index contributed by atoms with van der Waals surface area (Å²) in [5.41, 5.74) is 6.43. The lowest BCUT2D eigenvalue weighted by atomic mass is 10.5. The Morgan fingerprint density at radius 1 is 1.60 bits per heavy atom. The van der Waals surface area contributed by atoms with Crippen molar-refractivity contribution in [2.45, 2.75) is 10.8 Å². The number of hydrogen-bond donors (Lipinski definition) is 1. The van der Waals surface area contributed by atoms with Gasteiger partial charge in [0.15, 0.2) is 5.22 Å². The molecule has 2 heterocycles. The van der Waals surface area contributed by atoms with E-state index >= 15 is 0 Å². The van der Waals surface area contributed by atoms with Gasteiger partial charge in [-0.3, -0.25) is 4.68 Å². The summed E-state index contributed by atoms with van der Waals surface area (Å²) in [6.45, 7) is 0. The van der Waals surface area contributed by atoms with Crippen LogP contribution < -0.4 is 5.73 Å². The molecule has 0 bridgehead atoms. The van der Waals surface area contributed by atoms with Crippen molar-refractivity contribution in [2.24, 2.45) is 7.05 Å². The van der Waals surface area contributed by atoms with Crippen LogP contribution in [0.25, 0.3) is 0 Å². The van der Waals surface area contributed by atoms with Crippen molar-refractivity contribution < 1.29 is 4.42 Å². The van der Waals surface area contributed by atoms with Crippen LogP contribution in [0.2, 0.25) is 5.22 Å². The molecule has 15 heavy (non-hydrogen) atoms. The van der Waals surface area contributed by atoms with E-state index in [1.165, 1.54) is 11.8 Å². The van der Waals surface area contributed by atoms with Gasteiger partial charge in [-0.15, -0.1) is 0 Å². The zero-order valence-corrected chi connectivity index (χ0v) is 9.68. The molecule has 6 heteroatoms. The van der Waals surface area contributed by atoms with E-state index in [9.17, 15) is 0 Å². The number of anilines is 1. The molecule has 2 N–H and O–H groups in total. The minimum absolute atomic E-state index is 0.402. The molecule has 0 fully saturated rings. The van der Waals surface area contributed by atoms with Crippen LogP contribution in [0.1, 0.15) is 5.76 Å². The molecule has 0 radical (unpaired) electrons. The molecule has 4 nitrogen and oxygen atoms in total. The Morgan fingerprint density at radius 2 is 2.40 bits per heavy atom. The lowest BCUT2D eigenvalue weighted by molar-refractivity contribution is 0.532. The number of aromatic nitrogens is 2. The molecule has 0 aliphatic heterocycles. The topological polar surface area (TPSA) is 57.0 Å². The molecule has 0 saturated carbocycles. The van der Waals surface area contributed by atoms with Crippen LogP contribution in [-0.4, -0.2) is 9.78 Å². The van der Waals surface area contributed by atoms with Gasteiger partial charge in [0.2, 0.25) is 0 Å². The van der Waals surface area contributed by atoms with Gasteiger partial charge in [0.1, 0.15) is 10.8 Å². The zero-order chi connectivity index (χ0) is 10.8. The molecule has 0 amide bonds.